The predicted octanol–water partition coefficient (Wildman–Crippen LogP) is 3.41. The predicted molar refractivity (Wildman–Crippen MR) is 76.3 cm³/mol. The monoisotopic (exact) mass is 262 g/mol. The second kappa shape index (κ2) is 5.40. The molecule has 2 rings (SSSR count). The van der Waals surface area contributed by atoms with Gasteiger partial charge in [0.2, 0.25) is 0 Å². The van der Waals surface area contributed by atoms with Crippen LogP contribution in [0.5, 0.6) is 5.75 Å². The quantitative estimate of drug-likeness (QED) is 0.859. The summed E-state index contributed by atoms with van der Waals surface area (Å²) in [7, 11) is 0. The Morgan fingerprint density at radius 3 is 2.72 bits per heavy atom. The number of nitrogens with two attached hydrogens (primary N) is 1. The lowest BCUT2D eigenvalue weighted by atomic mass is 10.1. The van der Waals surface area contributed by atoms with Crippen molar-refractivity contribution in [3.8, 4) is 5.75 Å². The van der Waals surface area contributed by atoms with Crippen molar-refractivity contribution in [2.24, 2.45) is 0 Å². The molecule has 1 heterocycles. The number of ether oxygens (including phenoxy) is 1. The number of benzene rings is 1. The van der Waals surface area contributed by atoms with Crippen LogP contribution in [-0.4, -0.2) is 11.1 Å². The molecule has 0 aliphatic rings. The Morgan fingerprint density at radius 1 is 1.39 bits per heavy atom. The van der Waals surface area contributed by atoms with Gasteiger partial charge in [-0.25, -0.2) is 4.98 Å². The molecule has 1 aromatic carbocycles. The second-order valence-corrected chi connectivity index (χ2v) is 5.90. The lowest BCUT2D eigenvalue weighted by Gasteiger charge is -2.12. The van der Waals surface area contributed by atoms with E-state index in [0.29, 0.717) is 5.69 Å². The minimum absolute atomic E-state index is 0.139. The standard InChI is InChI=1S/C14H18N2OS/c1-9(2)17-13-5-4-11(6-12(13)15)7-14-16-8-10(3)18-14/h4-6,8-9H,7,15H2,1-3H3. The van der Waals surface area contributed by atoms with Gasteiger partial charge in [-0.05, 0) is 38.5 Å². The van der Waals surface area contributed by atoms with E-state index in [2.05, 4.69) is 11.9 Å². The Labute approximate surface area is 112 Å². The van der Waals surface area contributed by atoms with Gasteiger partial charge in [0, 0.05) is 17.5 Å². The molecular weight excluding hydrogens is 244 g/mol. The summed E-state index contributed by atoms with van der Waals surface area (Å²) in [6.07, 6.45) is 2.87. The number of rotatable bonds is 4. The molecule has 0 bridgehead atoms. The topological polar surface area (TPSA) is 48.1 Å². The highest BCUT2D eigenvalue weighted by molar-refractivity contribution is 7.11. The van der Waals surface area contributed by atoms with Crippen molar-refractivity contribution in [1.29, 1.82) is 0 Å². The molecule has 2 aromatic rings. The van der Waals surface area contributed by atoms with E-state index in [1.807, 2.05) is 38.2 Å². The minimum atomic E-state index is 0.139. The fraction of sp³-hybridized carbons (Fsp3) is 0.357. The maximum atomic E-state index is 5.99. The van der Waals surface area contributed by atoms with Gasteiger partial charge in [0.05, 0.1) is 16.8 Å². The lowest BCUT2D eigenvalue weighted by molar-refractivity contribution is 0.244. The van der Waals surface area contributed by atoms with E-state index in [4.69, 9.17) is 10.5 Å². The summed E-state index contributed by atoms with van der Waals surface area (Å²) < 4.78 is 5.62. The zero-order valence-electron chi connectivity index (χ0n) is 10.9. The van der Waals surface area contributed by atoms with Crippen LogP contribution in [0.4, 0.5) is 5.69 Å². The van der Waals surface area contributed by atoms with E-state index in [-0.39, 0.29) is 6.10 Å². The highest BCUT2D eigenvalue weighted by Crippen LogP contribution is 2.25. The third kappa shape index (κ3) is 3.23. The van der Waals surface area contributed by atoms with E-state index in [0.717, 1.165) is 22.7 Å². The first-order valence-corrected chi connectivity index (χ1v) is 6.82. The van der Waals surface area contributed by atoms with Crippen molar-refractivity contribution in [2.45, 2.75) is 33.3 Å². The number of aryl methyl sites for hydroxylation is 1. The number of hydrogen-bond acceptors (Lipinski definition) is 4. The van der Waals surface area contributed by atoms with Crippen LogP contribution in [0, 0.1) is 6.92 Å². The van der Waals surface area contributed by atoms with Crippen molar-refractivity contribution in [1.82, 2.24) is 4.98 Å². The number of nitrogen functional groups attached to an aromatic ring is 1. The van der Waals surface area contributed by atoms with Gasteiger partial charge in [0.15, 0.2) is 0 Å². The third-order valence-electron chi connectivity index (χ3n) is 2.46. The Hall–Kier alpha value is -1.55. The van der Waals surface area contributed by atoms with Crippen molar-refractivity contribution in [3.05, 3.63) is 39.8 Å². The molecule has 4 heteroatoms. The van der Waals surface area contributed by atoms with Crippen LogP contribution in [0.25, 0.3) is 0 Å². The molecular formula is C14H18N2OS. The van der Waals surface area contributed by atoms with Gasteiger partial charge in [0.1, 0.15) is 5.75 Å². The lowest BCUT2D eigenvalue weighted by Crippen LogP contribution is -2.07. The van der Waals surface area contributed by atoms with Crippen molar-refractivity contribution in [3.63, 3.8) is 0 Å². The summed E-state index contributed by atoms with van der Waals surface area (Å²) >= 11 is 1.72. The normalized spacial score (nSPS) is 10.9. The summed E-state index contributed by atoms with van der Waals surface area (Å²) in [6, 6.07) is 5.95. The van der Waals surface area contributed by atoms with Gasteiger partial charge >= 0.3 is 0 Å². The highest BCUT2D eigenvalue weighted by atomic mass is 32.1. The van der Waals surface area contributed by atoms with E-state index < -0.39 is 0 Å². The number of anilines is 1. The Balaban J connectivity index is 2.13. The molecule has 0 unspecified atom stereocenters. The van der Waals surface area contributed by atoms with E-state index >= 15 is 0 Å². The minimum Gasteiger partial charge on any atom is -0.489 e. The maximum absolute atomic E-state index is 5.99. The first-order valence-electron chi connectivity index (χ1n) is 6.01. The number of nitrogens with zero attached hydrogens (tertiary/aromatic N) is 1. The molecule has 0 fully saturated rings. The molecule has 3 nitrogen and oxygen atoms in total. The largest absolute Gasteiger partial charge is 0.489 e. The van der Waals surface area contributed by atoms with Crippen LogP contribution < -0.4 is 10.5 Å². The van der Waals surface area contributed by atoms with Crippen LogP contribution in [0.1, 0.15) is 29.3 Å². The molecule has 0 aliphatic heterocycles. The van der Waals surface area contributed by atoms with Gasteiger partial charge in [0.25, 0.3) is 0 Å². The maximum Gasteiger partial charge on any atom is 0.142 e. The molecule has 0 atom stereocenters. The van der Waals surface area contributed by atoms with Crippen LogP contribution in [0.15, 0.2) is 24.4 Å². The highest BCUT2D eigenvalue weighted by Gasteiger charge is 2.06. The average Bonchev–Trinajstić information content (AvgIpc) is 2.68. The summed E-state index contributed by atoms with van der Waals surface area (Å²) in [6.45, 7) is 6.05. The van der Waals surface area contributed by atoms with Crippen molar-refractivity contribution < 1.29 is 4.74 Å². The molecule has 96 valence electrons. The van der Waals surface area contributed by atoms with E-state index in [1.54, 1.807) is 11.3 Å². The van der Waals surface area contributed by atoms with E-state index in [1.165, 1.54) is 4.88 Å². The molecule has 18 heavy (non-hydrogen) atoms. The smallest absolute Gasteiger partial charge is 0.142 e. The molecule has 0 radical (unpaired) electrons. The third-order valence-corrected chi connectivity index (χ3v) is 3.37. The van der Waals surface area contributed by atoms with Gasteiger partial charge in [-0.1, -0.05) is 6.07 Å². The summed E-state index contributed by atoms with van der Waals surface area (Å²) in [5, 5.41) is 1.12. The molecule has 2 N–H and O–H groups in total. The Kier molecular flexibility index (Phi) is 3.87. The van der Waals surface area contributed by atoms with Crippen LogP contribution in [-0.2, 0) is 6.42 Å². The van der Waals surface area contributed by atoms with Crippen LogP contribution in [0.2, 0.25) is 0 Å². The second-order valence-electron chi connectivity index (χ2n) is 4.58. The molecule has 0 spiro atoms. The number of thiazole rings is 1. The van der Waals surface area contributed by atoms with Gasteiger partial charge in [-0.3, -0.25) is 0 Å². The van der Waals surface area contributed by atoms with Gasteiger partial charge < -0.3 is 10.5 Å². The Morgan fingerprint density at radius 2 is 2.17 bits per heavy atom. The van der Waals surface area contributed by atoms with Gasteiger partial charge in [-0.2, -0.15) is 0 Å². The number of aromatic nitrogens is 1. The first-order chi connectivity index (χ1) is 8.54. The van der Waals surface area contributed by atoms with Crippen molar-refractivity contribution in [2.75, 3.05) is 5.73 Å². The van der Waals surface area contributed by atoms with Crippen molar-refractivity contribution >= 4 is 17.0 Å². The average molecular weight is 262 g/mol. The first kappa shape index (κ1) is 12.9. The Bertz CT molecular complexity index is 534. The molecule has 0 saturated carbocycles. The molecule has 0 saturated heterocycles. The summed E-state index contributed by atoms with van der Waals surface area (Å²) in [4.78, 5) is 5.59. The molecule has 0 aliphatic carbocycles. The number of hydrogen-bond donors (Lipinski definition) is 1. The molecule has 1 aromatic heterocycles. The van der Waals surface area contributed by atoms with Crippen LogP contribution >= 0.6 is 11.3 Å². The van der Waals surface area contributed by atoms with Crippen LogP contribution in [0.3, 0.4) is 0 Å². The summed E-state index contributed by atoms with van der Waals surface area (Å²) in [5.41, 5.74) is 7.84. The fourth-order valence-corrected chi connectivity index (χ4v) is 2.55. The molecule has 0 amide bonds. The zero-order valence-corrected chi connectivity index (χ0v) is 11.8. The fourth-order valence-electron chi connectivity index (χ4n) is 1.73. The van der Waals surface area contributed by atoms with Gasteiger partial charge in [-0.15, -0.1) is 11.3 Å². The van der Waals surface area contributed by atoms with E-state index in [9.17, 15) is 0 Å². The summed E-state index contributed by atoms with van der Waals surface area (Å²) in [5.74, 6) is 0.754. The zero-order chi connectivity index (χ0) is 13.1. The SMILES string of the molecule is Cc1cnc(Cc2ccc(OC(C)C)c(N)c2)s1.